The van der Waals surface area contributed by atoms with Gasteiger partial charge in [0.05, 0.1) is 22.1 Å². The molecule has 3 aromatic heterocycles. The third kappa shape index (κ3) is 6.60. The SMILES string of the molecule is c1ccc([Si](c2ccccc2)(c2ccccc2)c2ccc3c(c2)c2ccccc2n3-c2nc(-c3ccc4c(c3)-c3ccccc3-c3ccccc3-c3ccccc3-4)nc(-n3c4ccccc4c4ccccc43)n2)cc1. The highest BCUT2D eigenvalue weighted by Gasteiger charge is 2.41. The Labute approximate surface area is 435 Å². The van der Waals surface area contributed by atoms with Crippen molar-refractivity contribution in [3.8, 4) is 67.8 Å². The first kappa shape index (κ1) is 42.9. The lowest BCUT2D eigenvalue weighted by atomic mass is 9.80. The van der Waals surface area contributed by atoms with Crippen molar-refractivity contribution in [1.82, 2.24) is 24.1 Å². The van der Waals surface area contributed by atoms with Gasteiger partial charge in [-0.3, -0.25) is 9.13 Å². The molecule has 0 amide bonds. The van der Waals surface area contributed by atoms with Crippen LogP contribution in [0.2, 0.25) is 0 Å². The lowest BCUT2D eigenvalue weighted by Crippen LogP contribution is -2.74. The molecule has 6 heteroatoms. The Kier molecular flexibility index (Phi) is 9.83. The van der Waals surface area contributed by atoms with E-state index < -0.39 is 8.07 Å². The summed E-state index contributed by atoms with van der Waals surface area (Å²) in [5.41, 5.74) is 14.4. The summed E-state index contributed by atoms with van der Waals surface area (Å²) in [5.74, 6) is 1.67. The topological polar surface area (TPSA) is 48.5 Å². The molecule has 11 aromatic carbocycles. The van der Waals surface area contributed by atoms with Crippen molar-refractivity contribution in [1.29, 1.82) is 0 Å². The maximum absolute atomic E-state index is 5.59. The molecule has 0 radical (unpaired) electrons. The van der Waals surface area contributed by atoms with Crippen LogP contribution in [0.4, 0.5) is 0 Å². The van der Waals surface area contributed by atoms with Crippen molar-refractivity contribution in [3.05, 3.63) is 273 Å². The van der Waals surface area contributed by atoms with E-state index in [0.29, 0.717) is 17.7 Å². The maximum atomic E-state index is 5.59. The van der Waals surface area contributed by atoms with Gasteiger partial charge in [-0.15, -0.1) is 0 Å². The molecule has 0 fully saturated rings. The number of para-hydroxylation sites is 3. The van der Waals surface area contributed by atoms with E-state index >= 15 is 0 Å². The van der Waals surface area contributed by atoms with E-state index in [2.05, 4.69) is 282 Å². The summed E-state index contributed by atoms with van der Waals surface area (Å²) in [5, 5.41) is 9.83. The Morgan fingerprint density at radius 1 is 0.240 bits per heavy atom. The molecule has 0 saturated heterocycles. The first-order valence-corrected chi connectivity index (χ1v) is 27.6. The van der Waals surface area contributed by atoms with Gasteiger partial charge in [0.2, 0.25) is 11.9 Å². The number of hydrogen-bond donors (Lipinski definition) is 0. The van der Waals surface area contributed by atoms with Crippen molar-refractivity contribution in [3.63, 3.8) is 0 Å². The number of hydrogen-bond acceptors (Lipinski definition) is 3. The second kappa shape index (κ2) is 17.2. The summed E-state index contributed by atoms with van der Waals surface area (Å²) in [4.78, 5) is 16.7. The summed E-state index contributed by atoms with van der Waals surface area (Å²) < 4.78 is 4.46. The van der Waals surface area contributed by atoms with E-state index in [4.69, 9.17) is 15.0 Å². The molecule has 0 saturated carbocycles. The molecule has 75 heavy (non-hydrogen) atoms. The Morgan fingerprint density at radius 3 is 1.03 bits per heavy atom. The predicted molar refractivity (Wildman–Crippen MR) is 313 cm³/mol. The van der Waals surface area contributed by atoms with Crippen LogP contribution in [0.25, 0.3) is 111 Å². The van der Waals surface area contributed by atoms with Crippen molar-refractivity contribution in [2.45, 2.75) is 0 Å². The number of nitrogens with zero attached hydrogens (tertiary/aromatic N) is 5. The first-order chi connectivity index (χ1) is 37.2. The molecule has 0 N–H and O–H groups in total. The predicted octanol–water partition coefficient (Wildman–Crippen LogP) is 14.1. The van der Waals surface area contributed by atoms with Crippen LogP contribution in [0.1, 0.15) is 0 Å². The van der Waals surface area contributed by atoms with Crippen molar-refractivity contribution in [2.24, 2.45) is 0 Å². The monoisotopic (exact) mass is 971 g/mol. The number of rotatable bonds is 7. The van der Waals surface area contributed by atoms with Crippen LogP contribution in [0.3, 0.4) is 0 Å². The minimum absolute atomic E-state index is 0.542. The number of fused-ring (bicyclic) bond motifs is 14. The van der Waals surface area contributed by atoms with Crippen molar-refractivity contribution < 1.29 is 0 Å². The van der Waals surface area contributed by atoms with Gasteiger partial charge in [0.1, 0.15) is 0 Å². The van der Waals surface area contributed by atoms with E-state index in [1.807, 2.05) is 0 Å². The van der Waals surface area contributed by atoms with E-state index in [1.165, 1.54) is 48.6 Å². The van der Waals surface area contributed by atoms with Gasteiger partial charge in [0, 0.05) is 27.1 Å². The fourth-order valence-corrected chi connectivity index (χ4v) is 17.1. The van der Waals surface area contributed by atoms with Crippen LogP contribution in [0.15, 0.2) is 273 Å². The molecule has 14 aromatic rings. The Balaban J connectivity index is 1.01. The molecule has 1 aliphatic carbocycles. The second-order valence-electron chi connectivity index (χ2n) is 19.5. The highest BCUT2D eigenvalue weighted by molar-refractivity contribution is 7.20. The molecule has 350 valence electrons. The van der Waals surface area contributed by atoms with Crippen LogP contribution < -0.4 is 20.7 Å². The van der Waals surface area contributed by atoms with Gasteiger partial charge in [-0.25, -0.2) is 0 Å². The fourth-order valence-electron chi connectivity index (χ4n) is 12.3. The van der Waals surface area contributed by atoms with Gasteiger partial charge >= 0.3 is 0 Å². The molecular formula is C69H45N5Si. The van der Waals surface area contributed by atoms with Crippen molar-refractivity contribution >= 4 is 72.4 Å². The minimum atomic E-state index is -2.86. The zero-order valence-corrected chi connectivity index (χ0v) is 41.7. The van der Waals surface area contributed by atoms with E-state index in [-0.39, 0.29) is 0 Å². The highest BCUT2D eigenvalue weighted by Crippen LogP contribution is 2.48. The van der Waals surface area contributed by atoms with Crippen LogP contribution in [-0.2, 0) is 0 Å². The van der Waals surface area contributed by atoms with Crippen LogP contribution in [-0.4, -0.2) is 32.2 Å². The minimum Gasteiger partial charge on any atom is -0.278 e. The Hall–Kier alpha value is -9.75. The Morgan fingerprint density at radius 2 is 0.587 bits per heavy atom. The number of benzene rings is 11. The molecule has 0 bridgehead atoms. The quantitative estimate of drug-likeness (QED) is 0.118. The third-order valence-electron chi connectivity index (χ3n) is 15.5. The van der Waals surface area contributed by atoms with Gasteiger partial charge in [-0.05, 0) is 95.6 Å². The molecule has 0 atom stereocenters. The average molecular weight is 972 g/mol. The van der Waals surface area contributed by atoms with E-state index in [0.717, 1.165) is 65.9 Å². The van der Waals surface area contributed by atoms with Crippen LogP contribution >= 0.6 is 0 Å². The fraction of sp³-hybridized carbons (Fsp3) is 0. The molecule has 0 unspecified atom stereocenters. The summed E-state index contributed by atoms with van der Waals surface area (Å²) in [6.45, 7) is 0. The van der Waals surface area contributed by atoms with Gasteiger partial charge in [0.15, 0.2) is 13.9 Å². The summed E-state index contributed by atoms with van der Waals surface area (Å²) in [6.07, 6.45) is 0. The van der Waals surface area contributed by atoms with Gasteiger partial charge in [-0.2, -0.15) is 15.0 Å². The molecule has 3 heterocycles. The maximum Gasteiger partial charge on any atom is 0.240 e. The summed E-state index contributed by atoms with van der Waals surface area (Å²) >= 11 is 0. The lowest BCUT2D eigenvalue weighted by molar-refractivity contribution is 0.893. The van der Waals surface area contributed by atoms with E-state index in [9.17, 15) is 0 Å². The largest absolute Gasteiger partial charge is 0.278 e. The highest BCUT2D eigenvalue weighted by atomic mass is 28.3. The van der Waals surface area contributed by atoms with E-state index in [1.54, 1.807) is 0 Å². The van der Waals surface area contributed by atoms with Gasteiger partial charge < -0.3 is 0 Å². The summed E-state index contributed by atoms with van der Waals surface area (Å²) in [7, 11) is -2.86. The average Bonchev–Trinajstić information content (AvgIpc) is 4.07. The van der Waals surface area contributed by atoms with Crippen LogP contribution in [0, 0.1) is 0 Å². The number of aromatic nitrogens is 5. The standard InChI is InChI=1S/C69H45N5Si/c1-4-22-47(23-5-1)75(48-24-6-2-7-25-48,49-26-8-3-9-27-49)50-41-43-66-62(45-50)60-36-18-21-39-65(60)74(66)69-71-67(70-68(72-69)73-63-37-19-16-34-58(63)59-35-17-20-38-64(59)73)46-40-42-57-55-32-13-12-30-53(55)51-28-10-11-29-52(51)54-31-14-15-33-56(54)61(57)44-46/h1-45H. The normalized spacial score (nSPS) is 12.0. The molecule has 5 nitrogen and oxygen atoms in total. The molecule has 0 spiro atoms. The van der Waals surface area contributed by atoms with Crippen LogP contribution in [0.5, 0.6) is 0 Å². The lowest BCUT2D eigenvalue weighted by Gasteiger charge is -2.34. The zero-order chi connectivity index (χ0) is 49.5. The molecular weight excluding hydrogens is 927 g/mol. The second-order valence-corrected chi connectivity index (χ2v) is 23.3. The van der Waals surface area contributed by atoms with Crippen molar-refractivity contribution in [2.75, 3.05) is 0 Å². The third-order valence-corrected chi connectivity index (χ3v) is 20.3. The molecule has 1 aliphatic rings. The zero-order valence-electron chi connectivity index (χ0n) is 40.7. The molecule has 0 aliphatic heterocycles. The molecule has 15 rings (SSSR count). The summed E-state index contributed by atoms with van der Waals surface area (Å²) in [6, 6.07) is 99.5. The smallest absolute Gasteiger partial charge is 0.240 e. The van der Waals surface area contributed by atoms with Gasteiger partial charge in [0.25, 0.3) is 0 Å². The Bertz CT molecular complexity index is 4380. The first-order valence-electron chi connectivity index (χ1n) is 25.6. The van der Waals surface area contributed by atoms with Gasteiger partial charge in [-0.1, -0.05) is 243 Å².